The van der Waals surface area contributed by atoms with Crippen LogP contribution in [0.15, 0.2) is 9.98 Å². The molecule has 288 valence electrons. The predicted molar refractivity (Wildman–Crippen MR) is 198 cm³/mol. The molecule has 0 aromatic carbocycles. The van der Waals surface area contributed by atoms with E-state index in [0.717, 1.165) is 126 Å². The zero-order valence-corrected chi connectivity index (χ0v) is 31.3. The molecular weight excluding hydrogens is 673 g/mol. The molecule has 9 fully saturated rings. The van der Waals surface area contributed by atoms with Gasteiger partial charge in [-0.3, -0.25) is 25.2 Å². The van der Waals surface area contributed by atoms with Crippen LogP contribution < -0.4 is 32.7 Å². The number of aliphatic imine (C=N–C) groups is 2. The van der Waals surface area contributed by atoms with Gasteiger partial charge in [-0.1, -0.05) is 0 Å². The molecule has 15 nitrogen and oxygen atoms in total. The Kier molecular flexibility index (Phi) is 12.0. The number of guanidine groups is 2. The van der Waals surface area contributed by atoms with Crippen molar-refractivity contribution in [1.29, 1.82) is 0 Å². The summed E-state index contributed by atoms with van der Waals surface area (Å²) in [5.74, 6) is 5.16. The molecule has 0 atom stereocenters. The van der Waals surface area contributed by atoms with Crippen molar-refractivity contribution in [1.82, 2.24) is 31.1 Å². The van der Waals surface area contributed by atoms with Crippen molar-refractivity contribution in [3.05, 3.63) is 0 Å². The Morgan fingerprint density at radius 3 is 1.20 bits per heavy atom. The van der Waals surface area contributed by atoms with Gasteiger partial charge < -0.3 is 31.9 Å². The monoisotopic (exact) mass is 734 g/mol. The lowest BCUT2D eigenvalue weighted by molar-refractivity contribution is -0.0135. The Hall–Kier alpha value is -2.69. The molecule has 9 aliphatic rings. The molecule has 1 aliphatic heterocycles. The smallest absolute Gasteiger partial charge is 0.321 e. The zero-order chi connectivity index (χ0) is 36.2. The Morgan fingerprint density at radius 1 is 0.647 bits per heavy atom. The van der Waals surface area contributed by atoms with Gasteiger partial charge in [-0.05, 0) is 125 Å². The summed E-state index contributed by atoms with van der Waals surface area (Å²) in [4.78, 5) is 39.2. The summed E-state index contributed by atoms with van der Waals surface area (Å²) in [6.45, 7) is 7.29. The molecule has 9 rings (SSSR count). The summed E-state index contributed by atoms with van der Waals surface area (Å²) in [6, 6.07) is -0.385. The highest BCUT2D eigenvalue weighted by molar-refractivity contribution is 7.85. The van der Waals surface area contributed by atoms with Crippen LogP contribution in [0.4, 0.5) is 9.59 Å². The van der Waals surface area contributed by atoms with Crippen molar-refractivity contribution in [3.63, 3.8) is 0 Å². The standard InChI is InChI=1S/C34H58N10O2.CH4O3S/c35-29(39-31(45)41-33-17-23-11-24(18-33)13-25(12-23)19-33)37-3-1-5-43-7-9-44(10-8-43)6-2-4-38-30(36)40-32(46)42-34-20-26-14-27(21-34)16-28(15-26)22-34;1-5(2,3)4/h23-28H,1-22H2,(H4,35,37,39,41,45)(H4,36,38,40,42,46);1H3,(H,2,3,4). The summed E-state index contributed by atoms with van der Waals surface area (Å²) in [7, 11) is -3.67. The molecule has 8 saturated carbocycles. The van der Waals surface area contributed by atoms with E-state index < -0.39 is 10.1 Å². The number of amides is 4. The van der Waals surface area contributed by atoms with Gasteiger partial charge in [0.15, 0.2) is 11.9 Å². The number of nitrogens with zero attached hydrogens (tertiary/aromatic N) is 4. The Balaban J connectivity index is 0.000000839. The van der Waals surface area contributed by atoms with E-state index in [1.807, 2.05) is 0 Å². The molecule has 0 spiro atoms. The first-order valence-electron chi connectivity index (χ1n) is 19.4. The van der Waals surface area contributed by atoms with Gasteiger partial charge in [0.2, 0.25) is 0 Å². The largest absolute Gasteiger partial charge is 0.370 e. The molecule has 8 bridgehead atoms. The lowest BCUT2D eigenvalue weighted by Gasteiger charge is -2.56. The van der Waals surface area contributed by atoms with Gasteiger partial charge in [0.05, 0.1) is 6.26 Å². The maximum absolute atomic E-state index is 12.7. The number of piperazine rings is 1. The number of nitrogens with one attached hydrogen (secondary N) is 4. The minimum Gasteiger partial charge on any atom is -0.370 e. The van der Waals surface area contributed by atoms with Crippen LogP contribution in [0.25, 0.3) is 0 Å². The maximum Gasteiger partial charge on any atom is 0.321 e. The average molecular weight is 735 g/mol. The van der Waals surface area contributed by atoms with E-state index in [1.165, 1.54) is 38.5 Å². The third kappa shape index (κ3) is 11.2. The number of rotatable bonds is 10. The molecule has 51 heavy (non-hydrogen) atoms. The second-order valence-electron chi connectivity index (χ2n) is 17.2. The van der Waals surface area contributed by atoms with E-state index in [2.05, 4.69) is 41.1 Å². The van der Waals surface area contributed by atoms with Crippen LogP contribution in [0, 0.1) is 35.5 Å². The third-order valence-electron chi connectivity index (χ3n) is 12.6. The van der Waals surface area contributed by atoms with Crippen LogP contribution in [0.1, 0.15) is 89.9 Å². The van der Waals surface area contributed by atoms with Gasteiger partial charge in [-0.15, -0.1) is 0 Å². The number of carbonyl (C=O) groups excluding carboxylic acids is 2. The van der Waals surface area contributed by atoms with Crippen LogP contribution >= 0.6 is 0 Å². The summed E-state index contributed by atoms with van der Waals surface area (Å²) in [5, 5.41) is 12.2. The lowest BCUT2D eigenvalue weighted by Crippen LogP contribution is -2.62. The van der Waals surface area contributed by atoms with Gasteiger partial charge >= 0.3 is 12.1 Å². The average Bonchev–Trinajstić information content (AvgIpc) is 2.99. The zero-order valence-electron chi connectivity index (χ0n) is 30.5. The van der Waals surface area contributed by atoms with Crippen LogP contribution in [0.5, 0.6) is 0 Å². The van der Waals surface area contributed by atoms with Crippen molar-refractivity contribution in [3.8, 4) is 0 Å². The second kappa shape index (κ2) is 16.1. The van der Waals surface area contributed by atoms with E-state index >= 15 is 0 Å². The molecule has 1 saturated heterocycles. The second-order valence-corrected chi connectivity index (χ2v) is 18.7. The molecule has 0 aromatic heterocycles. The van der Waals surface area contributed by atoms with Crippen LogP contribution in [-0.4, -0.2) is 116 Å². The maximum atomic E-state index is 12.7. The summed E-state index contributed by atoms with van der Waals surface area (Å²) < 4.78 is 25.9. The highest BCUT2D eigenvalue weighted by atomic mass is 32.2. The molecule has 1 heterocycles. The van der Waals surface area contributed by atoms with E-state index in [-0.39, 0.29) is 35.1 Å². The Bertz CT molecular complexity index is 1240. The predicted octanol–water partition coefficient (Wildman–Crippen LogP) is 2.05. The molecular formula is C35H62N10O5S. The number of carbonyl (C=O) groups is 2. The van der Waals surface area contributed by atoms with E-state index in [4.69, 9.17) is 16.0 Å². The number of hydrogen-bond donors (Lipinski definition) is 7. The highest BCUT2D eigenvalue weighted by Crippen LogP contribution is 2.56. The Morgan fingerprint density at radius 2 is 0.922 bits per heavy atom. The normalized spacial score (nSPS) is 36.0. The van der Waals surface area contributed by atoms with Crippen molar-refractivity contribution in [2.45, 2.75) is 101 Å². The Labute approximate surface area is 303 Å². The van der Waals surface area contributed by atoms with E-state index in [0.29, 0.717) is 19.3 Å². The fraction of sp³-hybridized carbons (Fsp3) is 0.886. The minimum absolute atomic E-state index is 0.0235. The van der Waals surface area contributed by atoms with Gasteiger partial charge in [0.1, 0.15) is 0 Å². The first kappa shape index (κ1) is 38.0. The number of nitrogens with two attached hydrogens (primary N) is 2. The van der Waals surface area contributed by atoms with Gasteiger partial charge in [0, 0.05) is 63.4 Å². The van der Waals surface area contributed by atoms with Crippen molar-refractivity contribution in [2.75, 3.05) is 58.6 Å². The number of hydrogen-bond acceptors (Lipinski definition) is 8. The van der Waals surface area contributed by atoms with E-state index in [9.17, 15) is 18.0 Å². The van der Waals surface area contributed by atoms with Gasteiger partial charge in [-0.2, -0.15) is 8.42 Å². The van der Waals surface area contributed by atoms with Crippen molar-refractivity contribution in [2.24, 2.45) is 57.0 Å². The lowest BCUT2D eigenvalue weighted by atomic mass is 9.53. The van der Waals surface area contributed by atoms with Gasteiger partial charge in [0.25, 0.3) is 10.1 Å². The quantitative estimate of drug-likeness (QED) is 0.0755. The SMILES string of the molecule is CS(=O)(=O)O.NC(=NCCCN1CCN(CCCN=C(N)NC(=O)NC23CC4CC(CC(C4)C2)C3)CC1)NC(=O)NC12CC3CC(CC(C3)C1)C2. The van der Waals surface area contributed by atoms with Crippen LogP contribution in [0.2, 0.25) is 0 Å². The summed E-state index contributed by atoms with van der Waals surface area (Å²) in [6.07, 6.45) is 17.4. The molecule has 9 N–H and O–H groups in total. The molecule has 0 radical (unpaired) electrons. The molecule has 4 amide bonds. The van der Waals surface area contributed by atoms with Crippen molar-refractivity contribution < 1.29 is 22.6 Å². The fourth-order valence-corrected chi connectivity index (χ4v) is 11.6. The molecule has 0 aromatic rings. The van der Waals surface area contributed by atoms with Gasteiger partial charge in [-0.25, -0.2) is 9.59 Å². The minimum atomic E-state index is -3.67. The summed E-state index contributed by atoms with van der Waals surface area (Å²) in [5.41, 5.74) is 12.1. The van der Waals surface area contributed by atoms with Crippen LogP contribution in [0.3, 0.4) is 0 Å². The highest BCUT2D eigenvalue weighted by Gasteiger charge is 2.52. The van der Waals surface area contributed by atoms with Crippen molar-refractivity contribution >= 4 is 34.1 Å². The third-order valence-corrected chi connectivity index (χ3v) is 12.6. The summed E-state index contributed by atoms with van der Waals surface area (Å²) >= 11 is 0. The first-order chi connectivity index (χ1) is 24.2. The fourth-order valence-electron chi connectivity index (χ4n) is 11.6. The van der Waals surface area contributed by atoms with Crippen LogP contribution in [-0.2, 0) is 10.1 Å². The van der Waals surface area contributed by atoms with E-state index in [1.54, 1.807) is 0 Å². The first-order valence-corrected chi connectivity index (χ1v) is 21.2. The topological polar surface area (TPSA) is 220 Å². The molecule has 0 unspecified atom stereocenters. The molecule has 8 aliphatic carbocycles. The molecule has 16 heteroatoms. The number of urea groups is 2.